The molecule has 3 rings (SSSR count). The van der Waals surface area contributed by atoms with Crippen molar-refractivity contribution in [3.05, 3.63) is 70.1 Å². The van der Waals surface area contributed by atoms with E-state index in [1.54, 1.807) is 19.1 Å². The zero-order chi connectivity index (χ0) is 20.3. The van der Waals surface area contributed by atoms with Crippen LogP contribution in [0.25, 0.3) is 11.5 Å². The van der Waals surface area contributed by atoms with Gasteiger partial charge < -0.3 is 14.1 Å². The minimum atomic E-state index is -0.750. The Balaban J connectivity index is 1.68. The van der Waals surface area contributed by atoms with E-state index in [4.69, 9.17) is 9.15 Å². The Morgan fingerprint density at radius 3 is 2.32 bits per heavy atom. The van der Waals surface area contributed by atoms with Crippen LogP contribution in [0.15, 0.2) is 52.9 Å². The molecule has 0 N–H and O–H groups in total. The maximum atomic E-state index is 12.3. The molecule has 0 unspecified atom stereocenters. The standard InChI is InChI=1S/C19H18N4O5/c1-12(27-19(24)14-6-8-15(9-7-14)22(2)3)17-20-21-18(28-17)13-4-10-16(11-5-13)23(25)26/h4-12H,1-3H3/t12-/m0/s1. The van der Waals surface area contributed by atoms with Crippen LogP contribution >= 0.6 is 0 Å². The Labute approximate surface area is 160 Å². The van der Waals surface area contributed by atoms with Crippen molar-refractivity contribution in [2.45, 2.75) is 13.0 Å². The number of benzene rings is 2. The van der Waals surface area contributed by atoms with Gasteiger partial charge in [-0.2, -0.15) is 0 Å². The number of nitrogens with zero attached hydrogens (tertiary/aromatic N) is 4. The van der Waals surface area contributed by atoms with E-state index in [1.165, 1.54) is 24.3 Å². The highest BCUT2D eigenvalue weighted by molar-refractivity contribution is 5.90. The second-order valence-corrected chi connectivity index (χ2v) is 6.24. The van der Waals surface area contributed by atoms with E-state index in [0.717, 1.165) is 5.69 Å². The molecule has 0 radical (unpaired) electrons. The molecule has 28 heavy (non-hydrogen) atoms. The highest BCUT2D eigenvalue weighted by Gasteiger charge is 2.20. The number of rotatable bonds is 6. The molecule has 0 bridgehead atoms. The van der Waals surface area contributed by atoms with Crippen LogP contribution in [0.4, 0.5) is 11.4 Å². The lowest BCUT2D eigenvalue weighted by Crippen LogP contribution is -2.11. The molecule has 0 aliphatic heterocycles. The number of anilines is 1. The third kappa shape index (κ3) is 4.14. The number of carbonyl (C=O) groups is 1. The Hall–Kier alpha value is -3.75. The Bertz CT molecular complexity index is 980. The molecular weight excluding hydrogens is 364 g/mol. The lowest BCUT2D eigenvalue weighted by molar-refractivity contribution is -0.384. The smallest absolute Gasteiger partial charge is 0.338 e. The number of nitro benzene ring substituents is 1. The van der Waals surface area contributed by atoms with E-state index in [2.05, 4.69) is 10.2 Å². The van der Waals surface area contributed by atoms with Gasteiger partial charge in [0.2, 0.25) is 5.89 Å². The first-order valence-corrected chi connectivity index (χ1v) is 8.41. The molecule has 1 heterocycles. The van der Waals surface area contributed by atoms with Gasteiger partial charge in [0.05, 0.1) is 10.5 Å². The van der Waals surface area contributed by atoms with E-state index >= 15 is 0 Å². The van der Waals surface area contributed by atoms with Gasteiger partial charge in [-0.05, 0) is 43.3 Å². The average Bonchev–Trinajstić information content (AvgIpc) is 3.18. The molecule has 3 aromatic rings. The van der Waals surface area contributed by atoms with Crippen molar-refractivity contribution in [1.29, 1.82) is 0 Å². The van der Waals surface area contributed by atoms with E-state index in [0.29, 0.717) is 11.1 Å². The van der Waals surface area contributed by atoms with Gasteiger partial charge in [0.1, 0.15) is 0 Å². The molecule has 0 saturated carbocycles. The van der Waals surface area contributed by atoms with Gasteiger partial charge in [-0.1, -0.05) is 0 Å². The van der Waals surface area contributed by atoms with Crippen molar-refractivity contribution in [2.75, 3.05) is 19.0 Å². The summed E-state index contributed by atoms with van der Waals surface area (Å²) in [7, 11) is 3.82. The fraction of sp³-hybridized carbons (Fsp3) is 0.211. The fourth-order valence-corrected chi connectivity index (χ4v) is 2.42. The van der Waals surface area contributed by atoms with Crippen molar-refractivity contribution in [1.82, 2.24) is 10.2 Å². The summed E-state index contributed by atoms with van der Waals surface area (Å²) >= 11 is 0. The molecule has 1 aromatic heterocycles. The predicted octanol–water partition coefficient (Wildman–Crippen LogP) is 3.63. The van der Waals surface area contributed by atoms with Gasteiger partial charge in [-0.15, -0.1) is 10.2 Å². The molecule has 1 atom stereocenters. The summed E-state index contributed by atoms with van der Waals surface area (Å²) in [4.78, 5) is 24.5. The second-order valence-electron chi connectivity index (χ2n) is 6.24. The van der Waals surface area contributed by atoms with Crippen LogP contribution < -0.4 is 4.90 Å². The maximum Gasteiger partial charge on any atom is 0.338 e. The molecule has 9 heteroatoms. The minimum absolute atomic E-state index is 0.0360. The number of aromatic nitrogens is 2. The lowest BCUT2D eigenvalue weighted by Gasteiger charge is -2.13. The van der Waals surface area contributed by atoms with E-state index in [9.17, 15) is 14.9 Å². The summed E-state index contributed by atoms with van der Waals surface area (Å²) in [6, 6.07) is 12.7. The van der Waals surface area contributed by atoms with Gasteiger partial charge in [-0.3, -0.25) is 10.1 Å². The van der Waals surface area contributed by atoms with Crippen molar-refractivity contribution >= 4 is 17.3 Å². The number of carbonyl (C=O) groups excluding carboxylic acids is 1. The van der Waals surface area contributed by atoms with Crippen LogP contribution in [0.3, 0.4) is 0 Å². The molecule has 0 spiro atoms. The average molecular weight is 382 g/mol. The minimum Gasteiger partial charge on any atom is -0.449 e. The second kappa shape index (κ2) is 7.87. The third-order valence-electron chi connectivity index (χ3n) is 4.02. The molecule has 0 amide bonds. The van der Waals surface area contributed by atoms with Crippen LogP contribution in [0.5, 0.6) is 0 Å². The van der Waals surface area contributed by atoms with Crippen LogP contribution in [-0.4, -0.2) is 35.2 Å². The van der Waals surface area contributed by atoms with Crippen molar-refractivity contribution in [3.63, 3.8) is 0 Å². The number of hydrogen-bond acceptors (Lipinski definition) is 8. The molecule has 144 valence electrons. The maximum absolute atomic E-state index is 12.3. The van der Waals surface area contributed by atoms with Gasteiger partial charge in [0.25, 0.3) is 11.6 Å². The summed E-state index contributed by atoms with van der Waals surface area (Å²) in [5.74, 6) is -0.192. The predicted molar refractivity (Wildman–Crippen MR) is 101 cm³/mol. The van der Waals surface area contributed by atoms with Crippen LogP contribution in [0.2, 0.25) is 0 Å². The van der Waals surface area contributed by atoms with Crippen LogP contribution in [-0.2, 0) is 4.74 Å². The monoisotopic (exact) mass is 382 g/mol. The summed E-state index contributed by atoms with van der Waals surface area (Å²) in [6.07, 6.45) is -0.750. The lowest BCUT2D eigenvalue weighted by atomic mass is 10.2. The zero-order valence-electron chi connectivity index (χ0n) is 15.5. The topological polar surface area (TPSA) is 112 Å². The largest absolute Gasteiger partial charge is 0.449 e. The third-order valence-corrected chi connectivity index (χ3v) is 4.02. The highest BCUT2D eigenvalue weighted by Crippen LogP contribution is 2.25. The Kier molecular flexibility index (Phi) is 5.35. The quantitative estimate of drug-likeness (QED) is 0.361. The fourth-order valence-electron chi connectivity index (χ4n) is 2.42. The normalized spacial score (nSPS) is 11.7. The first-order chi connectivity index (χ1) is 13.3. The van der Waals surface area contributed by atoms with E-state index in [1.807, 2.05) is 31.1 Å². The molecule has 0 aliphatic rings. The number of hydrogen-bond donors (Lipinski definition) is 0. The van der Waals surface area contributed by atoms with Gasteiger partial charge in [0.15, 0.2) is 6.10 Å². The van der Waals surface area contributed by atoms with Gasteiger partial charge >= 0.3 is 5.97 Å². The summed E-state index contributed by atoms with van der Waals surface area (Å²) in [5.41, 5.74) is 1.87. The number of non-ortho nitro benzene ring substituents is 1. The van der Waals surface area contributed by atoms with Crippen molar-refractivity contribution in [2.24, 2.45) is 0 Å². The highest BCUT2D eigenvalue weighted by atomic mass is 16.6. The van der Waals surface area contributed by atoms with Crippen molar-refractivity contribution in [3.8, 4) is 11.5 Å². The first-order valence-electron chi connectivity index (χ1n) is 8.41. The molecule has 0 saturated heterocycles. The molecule has 0 fully saturated rings. The Morgan fingerprint density at radius 2 is 1.75 bits per heavy atom. The summed E-state index contributed by atoms with van der Waals surface area (Å²) in [5, 5.41) is 18.5. The van der Waals surface area contributed by atoms with Gasteiger partial charge in [-0.25, -0.2) is 4.79 Å². The molecule has 0 aliphatic carbocycles. The molecule has 9 nitrogen and oxygen atoms in total. The molecular formula is C19H18N4O5. The SMILES string of the molecule is C[C@H](OC(=O)c1ccc(N(C)C)cc1)c1nnc(-c2ccc([N+](=O)[O-])cc2)o1. The molecule has 2 aromatic carbocycles. The first kappa shape index (κ1) is 19.0. The number of ether oxygens (including phenoxy) is 1. The number of esters is 1. The van der Waals surface area contributed by atoms with E-state index < -0.39 is 17.0 Å². The summed E-state index contributed by atoms with van der Waals surface area (Å²) < 4.78 is 10.9. The Morgan fingerprint density at radius 1 is 1.11 bits per heavy atom. The number of nitro groups is 1. The van der Waals surface area contributed by atoms with Crippen LogP contribution in [0.1, 0.15) is 29.3 Å². The zero-order valence-corrected chi connectivity index (χ0v) is 15.5. The van der Waals surface area contributed by atoms with Crippen LogP contribution in [0, 0.1) is 10.1 Å². The van der Waals surface area contributed by atoms with Gasteiger partial charge in [0, 0.05) is 37.5 Å². The van der Waals surface area contributed by atoms with Crippen molar-refractivity contribution < 1.29 is 18.9 Å². The summed E-state index contributed by atoms with van der Waals surface area (Å²) in [6.45, 7) is 1.62. The van der Waals surface area contributed by atoms with E-state index in [-0.39, 0.29) is 17.5 Å².